The molecule has 6 fully saturated rings. The van der Waals surface area contributed by atoms with Crippen LogP contribution in [0.1, 0.15) is 122 Å². The number of rotatable bonds is 7. The van der Waals surface area contributed by atoms with Crippen molar-refractivity contribution in [2.45, 2.75) is 140 Å². The molecule has 1 heterocycles. The van der Waals surface area contributed by atoms with E-state index in [9.17, 15) is 0 Å². The molecule has 2 bridgehead atoms. The summed E-state index contributed by atoms with van der Waals surface area (Å²) in [5, 5.41) is 0. The predicted molar refractivity (Wildman–Crippen MR) is 142 cm³/mol. The van der Waals surface area contributed by atoms with Gasteiger partial charge in [0.1, 0.15) is 17.9 Å². The van der Waals surface area contributed by atoms with E-state index in [2.05, 4.69) is 6.92 Å². The number of benzene rings is 1. The van der Waals surface area contributed by atoms with Crippen LogP contribution in [-0.2, 0) is 10.3 Å². The molecule has 5 aliphatic carbocycles. The molecule has 0 aromatic heterocycles. The number of alkyl halides is 2. The van der Waals surface area contributed by atoms with Crippen molar-refractivity contribution in [3.05, 3.63) is 35.9 Å². The average molecular weight is 499 g/mol. The van der Waals surface area contributed by atoms with E-state index in [4.69, 9.17) is 4.74 Å². The summed E-state index contributed by atoms with van der Waals surface area (Å²) in [5.74, 6) is 1.52. The normalized spacial score (nSPS) is 48.3. The predicted octanol–water partition coefficient (Wildman–Crippen LogP) is 9.48. The number of hydrogen-bond acceptors (Lipinski definition) is 1. The summed E-state index contributed by atoms with van der Waals surface area (Å²) < 4.78 is 37.5. The van der Waals surface area contributed by atoms with Crippen LogP contribution < -0.4 is 0 Å². The van der Waals surface area contributed by atoms with Gasteiger partial charge in [-0.25, -0.2) is 8.78 Å². The third kappa shape index (κ3) is 3.92. The van der Waals surface area contributed by atoms with E-state index in [1.807, 2.05) is 37.3 Å². The summed E-state index contributed by atoms with van der Waals surface area (Å²) in [7, 11) is 0. The standard InChI is InChI=1S/C33H48F2O/c1-3-4-8-15-31-16-19-32(20-17-31,21-18-31)27-13-11-24(12-14-27)25-22-28(34)33(29(35)23-25)30(2,36-33)26-9-6-5-7-10-26/h5-7,9-10,24-25,27-29H,3-4,8,11-23H2,1-2H3. The van der Waals surface area contributed by atoms with Gasteiger partial charge in [-0.15, -0.1) is 0 Å². The van der Waals surface area contributed by atoms with Gasteiger partial charge in [-0.2, -0.15) is 0 Å². The SMILES string of the molecule is CCCCCC12CCC(C3CCC(C4CC(F)C5(OC5(C)c5ccccc5)C(F)C4)CC3)(CC1)CC2. The molecule has 7 rings (SSSR count). The molecule has 0 amide bonds. The molecule has 1 nitrogen and oxygen atoms in total. The largest absolute Gasteiger partial charge is 0.351 e. The Morgan fingerprint density at radius 2 is 1.42 bits per heavy atom. The molecule has 3 heteroatoms. The molecule has 0 radical (unpaired) electrons. The van der Waals surface area contributed by atoms with Crippen LogP contribution in [0.2, 0.25) is 0 Å². The van der Waals surface area contributed by atoms with E-state index in [0.29, 0.717) is 29.6 Å². The van der Waals surface area contributed by atoms with Crippen molar-refractivity contribution in [2.75, 3.05) is 0 Å². The second-order valence-corrected chi connectivity index (χ2v) is 13.9. The van der Waals surface area contributed by atoms with Crippen LogP contribution in [0.25, 0.3) is 0 Å². The van der Waals surface area contributed by atoms with Gasteiger partial charge in [-0.1, -0.05) is 56.5 Å². The van der Waals surface area contributed by atoms with E-state index in [1.54, 1.807) is 0 Å². The lowest BCUT2D eigenvalue weighted by Crippen LogP contribution is -2.49. The first-order valence-corrected chi connectivity index (χ1v) is 15.4. The fourth-order valence-electron chi connectivity index (χ4n) is 9.87. The molecule has 36 heavy (non-hydrogen) atoms. The lowest BCUT2D eigenvalue weighted by atomic mass is 9.47. The molecule has 1 aliphatic heterocycles. The first-order valence-electron chi connectivity index (χ1n) is 15.4. The summed E-state index contributed by atoms with van der Waals surface area (Å²) in [5.41, 5.74) is 0.0798. The number of ether oxygens (including phenoxy) is 1. The number of unbranched alkanes of at least 4 members (excludes halogenated alkanes) is 2. The van der Waals surface area contributed by atoms with E-state index in [1.165, 1.54) is 89.9 Å². The fourth-order valence-corrected chi connectivity index (χ4v) is 9.87. The van der Waals surface area contributed by atoms with Gasteiger partial charge in [0.25, 0.3) is 0 Å². The zero-order chi connectivity index (χ0) is 25.0. The van der Waals surface area contributed by atoms with E-state index >= 15 is 8.78 Å². The Bertz CT molecular complexity index is 869. The van der Waals surface area contributed by atoms with Gasteiger partial charge in [-0.05, 0) is 125 Å². The van der Waals surface area contributed by atoms with Crippen LogP contribution in [-0.4, -0.2) is 17.9 Å². The van der Waals surface area contributed by atoms with Crippen LogP contribution in [0, 0.1) is 28.6 Å². The van der Waals surface area contributed by atoms with Crippen LogP contribution in [0.5, 0.6) is 0 Å². The fraction of sp³-hybridized carbons (Fsp3) is 0.818. The highest BCUT2D eigenvalue weighted by molar-refractivity contribution is 5.36. The molecule has 1 saturated heterocycles. The molecule has 0 N–H and O–H groups in total. The van der Waals surface area contributed by atoms with Gasteiger partial charge in [0.2, 0.25) is 0 Å². The zero-order valence-electron chi connectivity index (χ0n) is 22.8. The Labute approximate surface area is 218 Å². The van der Waals surface area contributed by atoms with Crippen LogP contribution in [0.15, 0.2) is 30.3 Å². The number of hydrogen-bond donors (Lipinski definition) is 0. The molecule has 3 unspecified atom stereocenters. The zero-order valence-corrected chi connectivity index (χ0v) is 22.8. The Kier molecular flexibility index (Phi) is 6.58. The van der Waals surface area contributed by atoms with E-state index in [0.717, 1.165) is 11.5 Å². The van der Waals surface area contributed by atoms with Crippen molar-refractivity contribution in [1.82, 2.24) is 0 Å². The van der Waals surface area contributed by atoms with Crippen molar-refractivity contribution in [2.24, 2.45) is 28.6 Å². The first-order chi connectivity index (χ1) is 17.4. The lowest BCUT2D eigenvalue weighted by molar-refractivity contribution is -0.0715. The molecule has 3 atom stereocenters. The topological polar surface area (TPSA) is 12.5 Å². The Balaban J connectivity index is 1.04. The minimum atomic E-state index is -1.27. The second kappa shape index (κ2) is 9.35. The van der Waals surface area contributed by atoms with E-state index < -0.39 is 23.5 Å². The molecular formula is C33H48F2O. The Morgan fingerprint density at radius 3 is 2.00 bits per heavy atom. The molecule has 6 aliphatic rings. The van der Waals surface area contributed by atoms with Crippen molar-refractivity contribution in [1.29, 1.82) is 0 Å². The minimum Gasteiger partial charge on any atom is -0.351 e. The van der Waals surface area contributed by atoms with Crippen LogP contribution >= 0.6 is 0 Å². The minimum absolute atomic E-state index is 0.173. The van der Waals surface area contributed by atoms with Gasteiger partial charge in [0.05, 0.1) is 0 Å². The summed E-state index contributed by atoms with van der Waals surface area (Å²) in [4.78, 5) is 0. The van der Waals surface area contributed by atoms with Crippen LogP contribution in [0.3, 0.4) is 0 Å². The highest BCUT2D eigenvalue weighted by Crippen LogP contribution is 2.66. The highest BCUT2D eigenvalue weighted by Gasteiger charge is 2.77. The maximum absolute atomic E-state index is 15.7. The summed E-state index contributed by atoms with van der Waals surface area (Å²) >= 11 is 0. The number of fused-ring (bicyclic) bond motifs is 3. The second-order valence-electron chi connectivity index (χ2n) is 13.9. The quantitative estimate of drug-likeness (QED) is 0.269. The maximum atomic E-state index is 15.7. The van der Waals surface area contributed by atoms with Gasteiger partial charge in [-0.3, -0.25) is 0 Å². The smallest absolute Gasteiger partial charge is 0.164 e. The molecule has 1 spiro atoms. The van der Waals surface area contributed by atoms with Gasteiger partial charge in [0.15, 0.2) is 5.60 Å². The lowest BCUT2D eigenvalue weighted by Gasteiger charge is -2.58. The van der Waals surface area contributed by atoms with Crippen molar-refractivity contribution in [3.63, 3.8) is 0 Å². The van der Waals surface area contributed by atoms with Crippen molar-refractivity contribution in [3.8, 4) is 0 Å². The molecular weight excluding hydrogens is 450 g/mol. The molecule has 1 aromatic carbocycles. The summed E-state index contributed by atoms with van der Waals surface area (Å²) in [6.07, 6.45) is 17.9. The Hall–Kier alpha value is -0.960. The summed E-state index contributed by atoms with van der Waals surface area (Å²) in [6, 6.07) is 9.72. The molecule has 1 aromatic rings. The van der Waals surface area contributed by atoms with Crippen molar-refractivity contribution < 1.29 is 13.5 Å². The van der Waals surface area contributed by atoms with E-state index in [-0.39, 0.29) is 5.92 Å². The Morgan fingerprint density at radius 1 is 0.806 bits per heavy atom. The molecule has 5 saturated carbocycles. The average Bonchev–Trinajstić information content (AvgIpc) is 3.57. The highest BCUT2D eigenvalue weighted by atomic mass is 19.1. The number of epoxide rings is 1. The first kappa shape index (κ1) is 25.3. The van der Waals surface area contributed by atoms with Gasteiger partial charge < -0.3 is 4.74 Å². The number of halogens is 2. The van der Waals surface area contributed by atoms with Gasteiger partial charge in [0, 0.05) is 0 Å². The van der Waals surface area contributed by atoms with Crippen LogP contribution in [0.4, 0.5) is 8.78 Å². The third-order valence-corrected chi connectivity index (χ3v) is 12.4. The van der Waals surface area contributed by atoms with Crippen molar-refractivity contribution >= 4 is 0 Å². The maximum Gasteiger partial charge on any atom is 0.164 e. The summed E-state index contributed by atoms with van der Waals surface area (Å²) in [6.45, 7) is 4.20. The van der Waals surface area contributed by atoms with Gasteiger partial charge >= 0.3 is 0 Å². The monoisotopic (exact) mass is 498 g/mol. The third-order valence-electron chi connectivity index (χ3n) is 12.4. The molecule has 200 valence electrons.